The Morgan fingerprint density at radius 2 is 0.723 bits per heavy atom. The largest absolute Gasteiger partial charge is 0.459 e. The normalized spacial score (nSPS) is 13.5. The second-order valence-electron chi connectivity index (χ2n) is 22.4. The molecule has 17 rings (SSSR count). The maximum absolute atomic E-state index is 7.68. The summed E-state index contributed by atoms with van der Waals surface area (Å²) < 4.78 is 15.2. The summed E-state index contributed by atoms with van der Waals surface area (Å²) in [5, 5.41) is 0. The topological polar surface area (TPSA) is 31.4 Å². The third-order valence-electron chi connectivity index (χ3n) is 17.8. The summed E-state index contributed by atoms with van der Waals surface area (Å²) in [5.41, 5.74) is 26.2. The molecular formula is C74H51B3N4O2. The molecule has 0 atom stereocenters. The minimum atomic E-state index is -0.219. The SMILES string of the molecule is Cc1cccc(C)c1B1c2ccccc2N(c2ccccc2)c2cc3c4c(c21)Oc1ccccc1B4c1cc2c(cc1O3)N(c1ccccc1)c1cc(N(c3ccccc3)c3ccccc3)cc3c1B2c1ccccc1N3c1ccccc1. The van der Waals surface area contributed by atoms with Crippen molar-refractivity contribution in [2.24, 2.45) is 0 Å². The van der Waals surface area contributed by atoms with Gasteiger partial charge in [0, 0.05) is 80.2 Å². The van der Waals surface area contributed by atoms with E-state index >= 15 is 0 Å². The van der Waals surface area contributed by atoms with Crippen molar-refractivity contribution in [3.05, 3.63) is 284 Å². The van der Waals surface area contributed by atoms with Crippen molar-refractivity contribution in [1.29, 1.82) is 0 Å². The van der Waals surface area contributed by atoms with Crippen LogP contribution < -0.4 is 78.2 Å². The molecule has 0 aliphatic carbocycles. The molecule has 12 aromatic rings. The summed E-state index contributed by atoms with van der Waals surface area (Å²) >= 11 is 0. The van der Waals surface area contributed by atoms with Gasteiger partial charge in [-0.25, -0.2) is 0 Å². The number of ether oxygens (including phenoxy) is 2. The molecule has 0 amide bonds. The van der Waals surface area contributed by atoms with Crippen LogP contribution in [0.15, 0.2) is 273 Å². The number of fused-ring (bicyclic) bond motifs is 11. The van der Waals surface area contributed by atoms with Crippen LogP contribution in [-0.2, 0) is 0 Å². The van der Waals surface area contributed by atoms with Crippen molar-refractivity contribution in [1.82, 2.24) is 0 Å². The first-order valence-corrected chi connectivity index (χ1v) is 28.8. The number of benzene rings is 12. The second kappa shape index (κ2) is 18.6. The molecule has 5 aliphatic heterocycles. The summed E-state index contributed by atoms with van der Waals surface area (Å²) in [6.07, 6.45) is 0. The van der Waals surface area contributed by atoms with Crippen molar-refractivity contribution in [3.8, 4) is 23.0 Å². The van der Waals surface area contributed by atoms with Crippen LogP contribution in [0.5, 0.6) is 23.0 Å². The first-order valence-electron chi connectivity index (χ1n) is 28.8. The Balaban J connectivity index is 0.957. The van der Waals surface area contributed by atoms with E-state index < -0.39 is 0 Å². The van der Waals surface area contributed by atoms with Gasteiger partial charge in [0.05, 0.1) is 5.69 Å². The molecule has 0 N–H and O–H groups in total. The first kappa shape index (κ1) is 47.4. The van der Waals surface area contributed by atoms with Gasteiger partial charge < -0.3 is 29.1 Å². The number of para-hydroxylation sites is 8. The van der Waals surface area contributed by atoms with Crippen molar-refractivity contribution < 1.29 is 9.47 Å². The van der Waals surface area contributed by atoms with Gasteiger partial charge in [-0.05, 0) is 143 Å². The third kappa shape index (κ3) is 7.14. The van der Waals surface area contributed by atoms with Crippen LogP contribution in [0.1, 0.15) is 11.1 Å². The lowest BCUT2D eigenvalue weighted by Crippen LogP contribution is -2.65. The molecular weight excluding hydrogens is 1010 g/mol. The van der Waals surface area contributed by atoms with E-state index in [9.17, 15) is 0 Å². The van der Waals surface area contributed by atoms with E-state index in [2.05, 4.69) is 306 Å². The van der Waals surface area contributed by atoms with Gasteiger partial charge in [-0.3, -0.25) is 0 Å². The fraction of sp³-hybridized carbons (Fsp3) is 0.0270. The molecule has 0 saturated carbocycles. The smallest absolute Gasteiger partial charge is 0.260 e. The van der Waals surface area contributed by atoms with Gasteiger partial charge >= 0.3 is 0 Å². The average Bonchev–Trinajstić information content (AvgIpc) is 2.67. The fourth-order valence-corrected chi connectivity index (χ4v) is 14.5. The van der Waals surface area contributed by atoms with Crippen LogP contribution in [0.3, 0.4) is 0 Å². The number of nitrogens with zero attached hydrogens (tertiary/aromatic N) is 4. The second-order valence-corrected chi connectivity index (χ2v) is 22.4. The highest BCUT2D eigenvalue weighted by molar-refractivity contribution is 7.03. The molecule has 83 heavy (non-hydrogen) atoms. The number of anilines is 12. The molecule has 5 heterocycles. The molecule has 0 saturated heterocycles. The molecule has 6 nitrogen and oxygen atoms in total. The molecule has 5 aliphatic rings. The van der Waals surface area contributed by atoms with E-state index in [-0.39, 0.29) is 20.1 Å². The average molecular weight is 1060 g/mol. The molecule has 0 spiro atoms. The molecule has 0 bridgehead atoms. The highest BCUT2D eigenvalue weighted by atomic mass is 16.5. The van der Waals surface area contributed by atoms with Crippen LogP contribution in [0, 0.1) is 13.8 Å². The lowest BCUT2D eigenvalue weighted by molar-refractivity contribution is 0.467. The van der Waals surface area contributed by atoms with Crippen molar-refractivity contribution >= 4 is 138 Å². The third-order valence-corrected chi connectivity index (χ3v) is 17.8. The van der Waals surface area contributed by atoms with Gasteiger partial charge in [-0.2, -0.15) is 0 Å². The minimum absolute atomic E-state index is 0.135. The van der Waals surface area contributed by atoms with E-state index in [4.69, 9.17) is 9.47 Å². The zero-order valence-corrected chi connectivity index (χ0v) is 45.8. The van der Waals surface area contributed by atoms with Gasteiger partial charge in [0.1, 0.15) is 23.0 Å². The predicted molar refractivity (Wildman–Crippen MR) is 348 cm³/mol. The van der Waals surface area contributed by atoms with Gasteiger partial charge in [0.2, 0.25) is 0 Å². The van der Waals surface area contributed by atoms with E-state index in [1.807, 2.05) is 0 Å². The van der Waals surface area contributed by atoms with Crippen molar-refractivity contribution in [2.75, 3.05) is 19.6 Å². The number of aryl methyl sites for hydroxylation is 2. The van der Waals surface area contributed by atoms with Crippen LogP contribution in [0.4, 0.5) is 68.2 Å². The molecule has 9 heteroatoms. The standard InChI is InChI=1S/C74H51B3N4O2/c1-48-25-24-26-49(2)70(48)77-57-38-19-22-41-62(57)80(53-33-14-6-15-34-53)66-47-69-73-74(72(66)77)83-67-42-23-20-39-58(67)76(73)60-45-59-63(46-68(60)82-69)81(54-35-16-7-17-36-54)65-44-55(78(50-27-8-3-9-28-50)51-29-10-4-11-30-51)43-64-71(65)75(59)56-37-18-21-40-61(56)79(64)52-31-12-5-13-32-52/h3-47H,1-2H3. The van der Waals surface area contributed by atoms with E-state index in [1.54, 1.807) is 0 Å². The van der Waals surface area contributed by atoms with Crippen molar-refractivity contribution in [2.45, 2.75) is 13.8 Å². The number of hydrogen-bond acceptors (Lipinski definition) is 6. The zero-order chi connectivity index (χ0) is 54.9. The maximum atomic E-state index is 7.68. The Hall–Kier alpha value is -10.4. The summed E-state index contributed by atoms with van der Waals surface area (Å²) in [7, 11) is 0. The fourth-order valence-electron chi connectivity index (χ4n) is 14.5. The highest BCUT2D eigenvalue weighted by Gasteiger charge is 2.50. The van der Waals surface area contributed by atoms with Gasteiger partial charge in [-0.15, -0.1) is 0 Å². The molecule has 12 aromatic carbocycles. The molecule has 0 unspecified atom stereocenters. The maximum Gasteiger partial charge on any atom is 0.260 e. The quantitative estimate of drug-likeness (QED) is 0.148. The predicted octanol–water partition coefficient (Wildman–Crippen LogP) is 12.9. The first-order chi connectivity index (χ1) is 41.1. The van der Waals surface area contributed by atoms with Crippen LogP contribution in [-0.4, -0.2) is 20.1 Å². The molecule has 0 radical (unpaired) electrons. The monoisotopic (exact) mass is 1060 g/mol. The Bertz CT molecular complexity index is 4530. The van der Waals surface area contributed by atoms with Crippen LogP contribution >= 0.6 is 0 Å². The highest BCUT2D eigenvalue weighted by Crippen LogP contribution is 2.50. The number of rotatable bonds is 7. The van der Waals surface area contributed by atoms with Crippen molar-refractivity contribution in [3.63, 3.8) is 0 Å². The Kier molecular flexibility index (Phi) is 10.6. The van der Waals surface area contributed by atoms with Gasteiger partial charge in [-0.1, -0.05) is 186 Å². The number of hydrogen-bond donors (Lipinski definition) is 0. The Morgan fingerprint density at radius 1 is 0.277 bits per heavy atom. The lowest BCUT2D eigenvalue weighted by atomic mass is 9.29. The van der Waals surface area contributed by atoms with E-state index in [0.29, 0.717) is 0 Å². The molecule has 388 valence electrons. The summed E-state index contributed by atoms with van der Waals surface area (Å²) in [4.78, 5) is 9.80. The summed E-state index contributed by atoms with van der Waals surface area (Å²) in [6, 6.07) is 99.5. The summed E-state index contributed by atoms with van der Waals surface area (Å²) in [5.74, 6) is 3.33. The minimum Gasteiger partial charge on any atom is -0.459 e. The van der Waals surface area contributed by atoms with Crippen LogP contribution in [0.25, 0.3) is 0 Å². The van der Waals surface area contributed by atoms with E-state index in [1.165, 1.54) is 38.4 Å². The van der Waals surface area contributed by atoms with Crippen LogP contribution in [0.2, 0.25) is 0 Å². The van der Waals surface area contributed by atoms with Gasteiger partial charge in [0.25, 0.3) is 20.1 Å². The Labute approximate surface area is 484 Å². The lowest BCUT2D eigenvalue weighted by Gasteiger charge is -2.46. The molecule has 0 fully saturated rings. The summed E-state index contributed by atoms with van der Waals surface area (Å²) in [6.45, 7) is 4.00. The Morgan fingerprint density at radius 3 is 1.29 bits per heavy atom. The zero-order valence-electron chi connectivity index (χ0n) is 45.8. The van der Waals surface area contributed by atoms with Gasteiger partial charge in [0.15, 0.2) is 0 Å². The molecule has 0 aromatic heterocycles. The van der Waals surface area contributed by atoms with E-state index in [0.717, 1.165) is 113 Å².